The van der Waals surface area contributed by atoms with Gasteiger partial charge in [-0.15, -0.1) is 0 Å². The molecule has 1 saturated heterocycles. The number of aromatic nitrogens is 1. The van der Waals surface area contributed by atoms with Crippen molar-refractivity contribution in [1.82, 2.24) is 9.88 Å². The van der Waals surface area contributed by atoms with E-state index in [4.69, 9.17) is 16.6 Å². The van der Waals surface area contributed by atoms with Crippen LogP contribution in [-0.4, -0.2) is 34.0 Å². The van der Waals surface area contributed by atoms with Crippen molar-refractivity contribution in [2.24, 2.45) is 4.99 Å². The van der Waals surface area contributed by atoms with Crippen molar-refractivity contribution in [1.29, 1.82) is 0 Å². The van der Waals surface area contributed by atoms with Gasteiger partial charge in [-0.3, -0.25) is 14.7 Å². The molecule has 1 fully saturated rings. The van der Waals surface area contributed by atoms with Gasteiger partial charge < -0.3 is 4.90 Å². The number of thioether (sulfide) groups is 2. The van der Waals surface area contributed by atoms with Crippen molar-refractivity contribution in [2.75, 3.05) is 18.0 Å². The van der Waals surface area contributed by atoms with Crippen LogP contribution in [0, 0.1) is 0 Å². The number of carbonyl (C=O) groups excluding carboxylic acids is 1. The molecule has 5 nitrogen and oxygen atoms in total. The van der Waals surface area contributed by atoms with Crippen LogP contribution in [-0.2, 0) is 4.79 Å². The van der Waals surface area contributed by atoms with E-state index in [0.29, 0.717) is 16.6 Å². The van der Waals surface area contributed by atoms with Crippen molar-refractivity contribution in [3.8, 4) is 0 Å². The normalized spacial score (nSPS) is 19.5. The van der Waals surface area contributed by atoms with Gasteiger partial charge in [0.1, 0.15) is 0 Å². The minimum Gasteiger partial charge on any atom is -0.335 e. The van der Waals surface area contributed by atoms with Crippen molar-refractivity contribution in [3.05, 3.63) is 81.8 Å². The van der Waals surface area contributed by atoms with Crippen molar-refractivity contribution < 1.29 is 4.79 Å². The van der Waals surface area contributed by atoms with Crippen LogP contribution in [0.4, 0.5) is 11.4 Å². The monoisotopic (exact) mass is 492 g/mol. The molecule has 2 aliphatic heterocycles. The Morgan fingerprint density at radius 1 is 1.03 bits per heavy atom. The van der Waals surface area contributed by atoms with Gasteiger partial charge in [-0.1, -0.05) is 29.4 Å². The lowest BCUT2D eigenvalue weighted by atomic mass is 10.2. The van der Waals surface area contributed by atoms with Crippen molar-refractivity contribution >= 4 is 68.5 Å². The largest absolute Gasteiger partial charge is 0.335 e. The molecule has 166 valence electrons. The molecule has 1 amide bonds. The minimum atomic E-state index is -0.0211. The van der Waals surface area contributed by atoms with Crippen LogP contribution >= 0.6 is 35.1 Å². The molecular formula is C25H21ClN4OS2. The first kappa shape index (κ1) is 22.1. The summed E-state index contributed by atoms with van der Waals surface area (Å²) in [6, 6.07) is 15.7. The number of pyridine rings is 1. The maximum absolute atomic E-state index is 13.0. The number of carbonyl (C=O) groups is 1. The molecule has 3 heterocycles. The maximum atomic E-state index is 13.0. The molecule has 5 rings (SSSR count). The van der Waals surface area contributed by atoms with E-state index in [1.807, 2.05) is 67.6 Å². The molecule has 0 spiro atoms. The lowest BCUT2D eigenvalue weighted by molar-refractivity contribution is -0.122. The predicted octanol–water partition coefficient (Wildman–Crippen LogP) is 6.83. The Morgan fingerprint density at radius 2 is 1.88 bits per heavy atom. The Balaban J connectivity index is 1.43. The molecule has 0 unspecified atom stereocenters. The highest BCUT2D eigenvalue weighted by atomic mass is 35.5. The van der Waals surface area contributed by atoms with Crippen LogP contribution < -0.4 is 4.90 Å². The number of halogens is 1. The van der Waals surface area contributed by atoms with Gasteiger partial charge in [-0.05, 0) is 80.2 Å². The zero-order valence-corrected chi connectivity index (χ0v) is 20.5. The van der Waals surface area contributed by atoms with Crippen LogP contribution in [0.3, 0.4) is 0 Å². The molecule has 8 heteroatoms. The number of aliphatic imine (C=N–C) groups is 1. The lowest BCUT2D eigenvalue weighted by Crippen LogP contribution is -2.28. The zero-order valence-electron chi connectivity index (χ0n) is 18.2. The minimum absolute atomic E-state index is 0.0211. The summed E-state index contributed by atoms with van der Waals surface area (Å²) in [5.74, 6) is -0.0211. The van der Waals surface area contributed by atoms with Gasteiger partial charge in [-0.2, -0.15) is 0 Å². The average Bonchev–Trinajstić information content (AvgIpc) is 3.32. The summed E-state index contributed by atoms with van der Waals surface area (Å²) >= 11 is 9.30. The standard InChI is InChI=1S/C25H21ClN4OS2/c1-3-29-20-15-17(26)7-10-21(20)32-23(29)12-11-22-24(31)30(4-2)25(33-22)28-18-8-9-19-16(14-18)6-5-13-27-19/h5-15H,3-4H2,1-2H3. The maximum Gasteiger partial charge on any atom is 0.266 e. The summed E-state index contributed by atoms with van der Waals surface area (Å²) in [5, 5.41) is 3.51. The highest BCUT2D eigenvalue weighted by molar-refractivity contribution is 8.18. The van der Waals surface area contributed by atoms with Crippen molar-refractivity contribution in [2.45, 2.75) is 18.7 Å². The fourth-order valence-electron chi connectivity index (χ4n) is 3.80. The zero-order chi connectivity index (χ0) is 22.9. The second-order valence-electron chi connectivity index (χ2n) is 7.42. The quantitative estimate of drug-likeness (QED) is 0.373. The highest BCUT2D eigenvalue weighted by Crippen LogP contribution is 2.47. The molecular weight excluding hydrogens is 472 g/mol. The molecule has 0 bridgehead atoms. The van der Waals surface area contributed by atoms with Gasteiger partial charge in [0, 0.05) is 34.6 Å². The number of amidine groups is 1. The molecule has 0 N–H and O–H groups in total. The number of fused-ring (bicyclic) bond motifs is 2. The number of rotatable bonds is 4. The summed E-state index contributed by atoms with van der Waals surface area (Å²) in [6.45, 7) is 5.45. The fraction of sp³-hybridized carbons (Fsp3) is 0.160. The van der Waals surface area contributed by atoms with E-state index >= 15 is 0 Å². The van der Waals surface area contributed by atoms with Gasteiger partial charge in [0.15, 0.2) is 5.17 Å². The molecule has 0 aliphatic carbocycles. The molecule has 2 aromatic carbocycles. The average molecular weight is 493 g/mol. The van der Waals surface area contributed by atoms with Gasteiger partial charge in [-0.25, -0.2) is 4.99 Å². The lowest BCUT2D eigenvalue weighted by Gasteiger charge is -2.17. The number of anilines is 1. The number of benzene rings is 2. The smallest absolute Gasteiger partial charge is 0.266 e. The Kier molecular flexibility index (Phi) is 6.19. The number of nitrogens with zero attached hydrogens (tertiary/aromatic N) is 4. The van der Waals surface area contributed by atoms with Gasteiger partial charge in [0.05, 0.1) is 26.8 Å². The number of hydrogen-bond acceptors (Lipinski definition) is 6. The number of likely N-dealkylation sites (N-methyl/N-ethyl adjacent to an activating group) is 1. The summed E-state index contributed by atoms with van der Waals surface area (Å²) in [6.07, 6.45) is 5.70. The SMILES string of the molecule is CCN1C(=O)C(=CC=C2Sc3ccc(Cl)cc3N2CC)SC1=Nc1ccc2ncccc2c1. The third kappa shape index (κ3) is 4.28. The van der Waals surface area contributed by atoms with Crippen LogP contribution in [0.1, 0.15) is 13.8 Å². The number of hydrogen-bond donors (Lipinski definition) is 0. The highest BCUT2D eigenvalue weighted by Gasteiger charge is 2.32. The van der Waals surface area contributed by atoms with Crippen LogP contribution in [0.15, 0.2) is 86.7 Å². The number of amides is 1. The second-order valence-corrected chi connectivity index (χ2v) is 9.93. The molecule has 0 saturated carbocycles. The Hall–Kier alpha value is -2.74. The van der Waals surface area contributed by atoms with E-state index in [0.717, 1.165) is 38.9 Å². The van der Waals surface area contributed by atoms with Crippen LogP contribution in [0.2, 0.25) is 5.02 Å². The third-order valence-corrected chi connectivity index (χ3v) is 7.79. The van der Waals surface area contributed by atoms with E-state index in [9.17, 15) is 4.79 Å². The molecule has 2 aliphatic rings. The summed E-state index contributed by atoms with van der Waals surface area (Å²) in [5.41, 5.74) is 2.83. The van der Waals surface area contributed by atoms with E-state index < -0.39 is 0 Å². The van der Waals surface area contributed by atoms with Crippen LogP contribution in [0.5, 0.6) is 0 Å². The second kappa shape index (κ2) is 9.25. The first-order valence-electron chi connectivity index (χ1n) is 10.7. The Labute approximate surface area is 206 Å². The van der Waals surface area contributed by atoms with Crippen LogP contribution in [0.25, 0.3) is 10.9 Å². The van der Waals surface area contributed by atoms with Gasteiger partial charge in [0.2, 0.25) is 0 Å². The summed E-state index contributed by atoms with van der Waals surface area (Å²) in [7, 11) is 0. The Morgan fingerprint density at radius 3 is 2.70 bits per heavy atom. The molecule has 0 radical (unpaired) electrons. The number of allylic oxidation sites excluding steroid dienone is 2. The molecule has 1 aromatic heterocycles. The molecule has 3 aromatic rings. The van der Waals surface area contributed by atoms with Gasteiger partial charge >= 0.3 is 0 Å². The fourth-order valence-corrected chi connectivity index (χ4v) is 6.08. The first-order chi connectivity index (χ1) is 16.1. The van der Waals surface area contributed by atoms with Crippen molar-refractivity contribution in [3.63, 3.8) is 0 Å². The Bertz CT molecular complexity index is 1350. The summed E-state index contributed by atoms with van der Waals surface area (Å²) in [4.78, 5) is 27.9. The third-order valence-electron chi connectivity index (χ3n) is 5.40. The van der Waals surface area contributed by atoms with E-state index in [1.165, 1.54) is 16.7 Å². The topological polar surface area (TPSA) is 48.8 Å². The van der Waals surface area contributed by atoms with E-state index in [2.05, 4.69) is 16.8 Å². The van der Waals surface area contributed by atoms with Gasteiger partial charge in [0.25, 0.3) is 5.91 Å². The first-order valence-corrected chi connectivity index (χ1v) is 12.7. The molecule has 0 atom stereocenters. The summed E-state index contributed by atoms with van der Waals surface area (Å²) < 4.78 is 0. The van der Waals surface area contributed by atoms with E-state index in [-0.39, 0.29) is 5.91 Å². The van der Waals surface area contributed by atoms with E-state index in [1.54, 1.807) is 22.9 Å². The predicted molar refractivity (Wildman–Crippen MR) is 140 cm³/mol. The molecule has 33 heavy (non-hydrogen) atoms.